The van der Waals surface area contributed by atoms with E-state index in [1.165, 1.54) is 44.9 Å². The predicted molar refractivity (Wildman–Crippen MR) is 91.6 cm³/mol. The fraction of sp³-hybridized carbons (Fsp3) is 0.947. The lowest BCUT2D eigenvalue weighted by Gasteiger charge is -2.33. The van der Waals surface area contributed by atoms with Crippen molar-refractivity contribution in [3.05, 3.63) is 0 Å². The van der Waals surface area contributed by atoms with Crippen LogP contribution >= 0.6 is 0 Å². The van der Waals surface area contributed by atoms with Gasteiger partial charge in [0.2, 0.25) is 0 Å². The van der Waals surface area contributed by atoms with Crippen molar-refractivity contribution in [1.29, 1.82) is 0 Å². The van der Waals surface area contributed by atoms with Crippen molar-refractivity contribution in [3.63, 3.8) is 0 Å². The minimum atomic E-state index is 0.273. The number of ketones is 1. The summed E-state index contributed by atoms with van der Waals surface area (Å²) in [6.45, 7) is 8.83. The van der Waals surface area contributed by atoms with Gasteiger partial charge in [0, 0.05) is 24.4 Å². The average Bonchev–Trinajstić information content (AvgIpc) is 2.50. The number of Topliss-reactive ketones (excluding diaryl/α,β-unsaturated/α-hetero) is 1. The van der Waals surface area contributed by atoms with E-state index >= 15 is 0 Å². The molecule has 2 heteroatoms. The van der Waals surface area contributed by atoms with Gasteiger partial charge in [0.15, 0.2) is 0 Å². The topological polar surface area (TPSA) is 29.1 Å². The Labute approximate surface area is 132 Å². The summed E-state index contributed by atoms with van der Waals surface area (Å²) in [4.78, 5) is 12.6. The molecule has 21 heavy (non-hydrogen) atoms. The highest BCUT2D eigenvalue weighted by molar-refractivity contribution is 5.81. The summed E-state index contributed by atoms with van der Waals surface area (Å²) in [6.07, 6.45) is 11.8. The maximum atomic E-state index is 12.6. The molecule has 1 rings (SSSR count). The zero-order valence-corrected chi connectivity index (χ0v) is 14.8. The maximum absolute atomic E-state index is 12.6. The summed E-state index contributed by atoms with van der Waals surface area (Å²) in [7, 11) is 0. The Morgan fingerprint density at radius 1 is 0.952 bits per heavy atom. The fourth-order valence-electron chi connectivity index (χ4n) is 3.92. The number of carbonyl (C=O) groups excluding carboxylic acids is 1. The highest BCUT2D eigenvalue weighted by Gasteiger charge is 2.27. The molecule has 124 valence electrons. The first-order valence-corrected chi connectivity index (χ1v) is 9.44. The molecule has 0 radical (unpaired) electrons. The van der Waals surface area contributed by atoms with E-state index in [1.807, 2.05) is 0 Å². The molecule has 1 atom stereocenters. The number of carbonyl (C=O) groups is 1. The fourth-order valence-corrected chi connectivity index (χ4v) is 3.92. The molecular weight excluding hydrogens is 258 g/mol. The number of hydrogen-bond donors (Lipinski definition) is 1. The maximum Gasteiger partial charge on any atom is 0.137 e. The first-order valence-electron chi connectivity index (χ1n) is 9.44. The van der Waals surface area contributed by atoms with Gasteiger partial charge in [-0.2, -0.15) is 0 Å². The summed E-state index contributed by atoms with van der Waals surface area (Å²) in [5, 5.41) is 3.87. The summed E-state index contributed by atoms with van der Waals surface area (Å²) >= 11 is 0. The molecule has 0 bridgehead atoms. The first-order chi connectivity index (χ1) is 10.2. The normalized spacial score (nSPS) is 18.4. The van der Waals surface area contributed by atoms with Crippen LogP contribution < -0.4 is 5.32 Å². The van der Waals surface area contributed by atoms with Crippen LogP contribution in [0.3, 0.4) is 0 Å². The smallest absolute Gasteiger partial charge is 0.137 e. The molecule has 0 amide bonds. The second-order valence-electron chi connectivity index (χ2n) is 6.87. The molecule has 2 nitrogen and oxygen atoms in total. The highest BCUT2D eigenvalue weighted by atomic mass is 16.1. The molecule has 0 spiro atoms. The highest BCUT2D eigenvalue weighted by Crippen LogP contribution is 2.24. The Balaban J connectivity index is 2.64. The van der Waals surface area contributed by atoms with E-state index in [9.17, 15) is 4.79 Å². The van der Waals surface area contributed by atoms with Crippen LogP contribution in [0.5, 0.6) is 0 Å². The molecule has 1 saturated carbocycles. The molecular formula is C19H37NO. The van der Waals surface area contributed by atoms with E-state index in [4.69, 9.17) is 0 Å². The Kier molecular flexibility index (Phi) is 9.23. The van der Waals surface area contributed by atoms with Crippen molar-refractivity contribution in [2.45, 2.75) is 104 Å². The van der Waals surface area contributed by atoms with Crippen molar-refractivity contribution < 1.29 is 4.79 Å². The quantitative estimate of drug-likeness (QED) is 0.607. The van der Waals surface area contributed by atoms with E-state index < -0.39 is 0 Å². The van der Waals surface area contributed by atoms with Crippen molar-refractivity contribution in [1.82, 2.24) is 5.32 Å². The Hall–Kier alpha value is -0.370. The number of hydrogen-bond acceptors (Lipinski definition) is 2. The number of rotatable bonds is 10. The minimum absolute atomic E-state index is 0.273. The molecule has 1 fully saturated rings. The molecule has 1 aliphatic carbocycles. The van der Waals surface area contributed by atoms with Gasteiger partial charge in [-0.3, -0.25) is 4.79 Å². The van der Waals surface area contributed by atoms with Crippen molar-refractivity contribution in [2.75, 3.05) is 0 Å². The van der Waals surface area contributed by atoms with Crippen molar-refractivity contribution >= 4 is 5.78 Å². The lowest BCUT2D eigenvalue weighted by Crippen LogP contribution is -2.45. The summed E-state index contributed by atoms with van der Waals surface area (Å²) in [5.74, 6) is 1.40. The number of nitrogens with one attached hydrogen (secondary N) is 1. The predicted octanol–water partition coefficient (Wildman–Crippen LogP) is 5.11. The minimum Gasteiger partial charge on any atom is -0.311 e. The van der Waals surface area contributed by atoms with Crippen LogP contribution in [-0.2, 0) is 4.79 Å². The third-order valence-electron chi connectivity index (χ3n) is 5.53. The molecule has 0 saturated heterocycles. The van der Waals surface area contributed by atoms with Crippen molar-refractivity contribution in [3.8, 4) is 0 Å². The van der Waals surface area contributed by atoms with Crippen LogP contribution in [0.15, 0.2) is 0 Å². The second kappa shape index (κ2) is 10.4. The Morgan fingerprint density at radius 2 is 1.52 bits per heavy atom. The monoisotopic (exact) mass is 295 g/mol. The molecule has 1 aliphatic rings. The van der Waals surface area contributed by atoms with Gasteiger partial charge in [0.25, 0.3) is 0 Å². The van der Waals surface area contributed by atoms with Gasteiger partial charge in [0.05, 0.1) is 0 Å². The molecule has 0 aromatic rings. The average molecular weight is 296 g/mol. The molecule has 0 aliphatic heterocycles. The molecule has 1 N–H and O–H groups in total. The van der Waals surface area contributed by atoms with Crippen LogP contribution in [-0.4, -0.2) is 17.9 Å². The largest absolute Gasteiger partial charge is 0.311 e. The van der Waals surface area contributed by atoms with Gasteiger partial charge in [0.1, 0.15) is 5.78 Å². The van der Waals surface area contributed by atoms with Gasteiger partial charge < -0.3 is 5.32 Å². The second-order valence-corrected chi connectivity index (χ2v) is 6.87. The summed E-state index contributed by atoms with van der Waals surface area (Å²) in [5.41, 5.74) is 0. The van der Waals surface area contributed by atoms with E-state index in [2.05, 4.69) is 33.0 Å². The van der Waals surface area contributed by atoms with Gasteiger partial charge in [-0.15, -0.1) is 0 Å². The van der Waals surface area contributed by atoms with Crippen LogP contribution in [0.1, 0.15) is 91.9 Å². The van der Waals surface area contributed by atoms with Gasteiger partial charge >= 0.3 is 0 Å². The Morgan fingerprint density at radius 3 is 2.00 bits per heavy atom. The van der Waals surface area contributed by atoms with Crippen LogP contribution in [0, 0.1) is 11.8 Å². The zero-order chi connectivity index (χ0) is 15.7. The van der Waals surface area contributed by atoms with Crippen LogP contribution in [0.2, 0.25) is 0 Å². The lowest BCUT2D eigenvalue weighted by molar-refractivity contribution is -0.124. The molecule has 1 unspecified atom stereocenters. The van der Waals surface area contributed by atoms with Crippen LogP contribution in [0.25, 0.3) is 0 Å². The molecule has 0 heterocycles. The van der Waals surface area contributed by atoms with E-state index in [-0.39, 0.29) is 5.92 Å². The molecule has 0 aromatic heterocycles. The van der Waals surface area contributed by atoms with Gasteiger partial charge in [-0.1, -0.05) is 59.8 Å². The SMILES string of the molecule is CCC(CC)C(=O)CC(NC1CCCCC1)C(CC)CC. The van der Waals surface area contributed by atoms with E-state index in [1.54, 1.807) is 0 Å². The third-order valence-corrected chi connectivity index (χ3v) is 5.53. The zero-order valence-electron chi connectivity index (χ0n) is 14.8. The summed E-state index contributed by atoms with van der Waals surface area (Å²) in [6, 6.07) is 1.05. The van der Waals surface area contributed by atoms with Crippen molar-refractivity contribution in [2.24, 2.45) is 11.8 Å². The standard InChI is InChI=1S/C19H37NO/c1-5-15(6-2)18(14-19(21)16(7-3)8-4)20-17-12-10-9-11-13-17/h15-18,20H,5-14H2,1-4H3. The lowest BCUT2D eigenvalue weighted by atomic mass is 9.84. The van der Waals surface area contributed by atoms with Gasteiger partial charge in [-0.25, -0.2) is 0 Å². The first kappa shape index (κ1) is 18.7. The third kappa shape index (κ3) is 6.10. The van der Waals surface area contributed by atoms with E-state index in [0.717, 1.165) is 19.3 Å². The van der Waals surface area contributed by atoms with E-state index in [0.29, 0.717) is 23.8 Å². The van der Waals surface area contributed by atoms with Crippen LogP contribution in [0.4, 0.5) is 0 Å². The van der Waals surface area contributed by atoms with Gasteiger partial charge in [-0.05, 0) is 31.6 Å². The summed E-state index contributed by atoms with van der Waals surface area (Å²) < 4.78 is 0. The Bertz CT molecular complexity index is 275. The molecule has 0 aromatic carbocycles.